The fraction of sp³-hybridized carbons (Fsp3) is 0.417. The number of nitrogens with zero attached hydrogens (tertiary/aromatic N) is 2. The van der Waals surface area contributed by atoms with Crippen molar-refractivity contribution in [3.8, 4) is 0 Å². The Balaban J connectivity index is 1.71. The second kappa shape index (κ2) is 7.21. The van der Waals surface area contributed by atoms with Crippen molar-refractivity contribution in [1.29, 1.82) is 0 Å². The monoisotopic (exact) mass is 390 g/mol. The molecule has 5 heteroatoms. The fourth-order valence-corrected chi connectivity index (χ4v) is 4.24. The summed E-state index contributed by atoms with van der Waals surface area (Å²) in [5.74, 6) is 1.02. The molecule has 1 atom stereocenters. The first-order valence-corrected chi connectivity index (χ1v) is 10.4. The van der Waals surface area contributed by atoms with Crippen LogP contribution in [0.25, 0.3) is 0 Å². The van der Waals surface area contributed by atoms with Gasteiger partial charge < -0.3 is 15.5 Å². The summed E-state index contributed by atoms with van der Waals surface area (Å²) >= 11 is 0. The maximum absolute atomic E-state index is 13.3. The molecule has 29 heavy (non-hydrogen) atoms. The number of aliphatic imine (C=N–C) groups is 1. The van der Waals surface area contributed by atoms with Crippen molar-refractivity contribution >= 4 is 23.1 Å². The van der Waals surface area contributed by atoms with E-state index in [1.54, 1.807) is 0 Å². The molecule has 152 valence electrons. The number of anilines is 2. The highest BCUT2D eigenvalue weighted by Crippen LogP contribution is 2.37. The van der Waals surface area contributed by atoms with Gasteiger partial charge in [0.1, 0.15) is 11.4 Å². The van der Waals surface area contributed by atoms with Gasteiger partial charge in [0, 0.05) is 12.1 Å². The predicted octanol–water partition coefficient (Wildman–Crippen LogP) is 4.70. The first-order chi connectivity index (χ1) is 13.8. The number of benzene rings is 2. The predicted molar refractivity (Wildman–Crippen MR) is 120 cm³/mol. The van der Waals surface area contributed by atoms with Crippen molar-refractivity contribution in [2.45, 2.75) is 51.6 Å². The van der Waals surface area contributed by atoms with E-state index in [0.717, 1.165) is 47.7 Å². The smallest absolute Gasteiger partial charge is 0.254 e. The van der Waals surface area contributed by atoms with E-state index in [1.165, 1.54) is 0 Å². The van der Waals surface area contributed by atoms with Crippen LogP contribution in [0.15, 0.2) is 53.5 Å². The van der Waals surface area contributed by atoms with Gasteiger partial charge in [0.2, 0.25) is 0 Å². The number of carbonyl (C=O) groups is 1. The average Bonchev–Trinajstić information content (AvgIpc) is 2.67. The summed E-state index contributed by atoms with van der Waals surface area (Å²) < 4.78 is 0. The van der Waals surface area contributed by atoms with Gasteiger partial charge in [-0.2, -0.15) is 0 Å². The molecule has 2 aliphatic rings. The minimum absolute atomic E-state index is 0.0953. The van der Waals surface area contributed by atoms with Gasteiger partial charge >= 0.3 is 0 Å². The second-order valence-corrected chi connectivity index (χ2v) is 9.15. The van der Waals surface area contributed by atoms with E-state index in [0.29, 0.717) is 6.54 Å². The van der Waals surface area contributed by atoms with Gasteiger partial charge in [-0.15, -0.1) is 0 Å². The Morgan fingerprint density at radius 2 is 1.76 bits per heavy atom. The van der Waals surface area contributed by atoms with Crippen LogP contribution < -0.4 is 10.6 Å². The van der Waals surface area contributed by atoms with Crippen molar-refractivity contribution in [3.63, 3.8) is 0 Å². The van der Waals surface area contributed by atoms with Gasteiger partial charge in [0.25, 0.3) is 5.91 Å². The van der Waals surface area contributed by atoms with E-state index in [4.69, 9.17) is 4.99 Å². The summed E-state index contributed by atoms with van der Waals surface area (Å²) in [4.78, 5) is 20.3. The normalized spacial score (nSPS) is 22.8. The number of nitrogens with one attached hydrogen (secondary N) is 2. The third-order valence-electron chi connectivity index (χ3n) is 5.61. The molecule has 1 spiro atoms. The van der Waals surface area contributed by atoms with Crippen molar-refractivity contribution in [2.75, 3.05) is 23.7 Å². The summed E-state index contributed by atoms with van der Waals surface area (Å²) in [5, 5.41) is 7.32. The zero-order valence-electron chi connectivity index (χ0n) is 17.7. The molecule has 4 rings (SSSR count). The first-order valence-electron chi connectivity index (χ1n) is 10.4. The van der Waals surface area contributed by atoms with Gasteiger partial charge in [-0.3, -0.25) is 9.79 Å². The number of amides is 1. The van der Waals surface area contributed by atoms with Crippen LogP contribution in [0.5, 0.6) is 0 Å². The van der Waals surface area contributed by atoms with Crippen LogP contribution in [0.3, 0.4) is 0 Å². The van der Waals surface area contributed by atoms with Crippen LogP contribution in [0, 0.1) is 6.92 Å². The summed E-state index contributed by atoms with van der Waals surface area (Å²) in [6, 6.07) is 16.0. The molecule has 0 unspecified atom stereocenters. The Morgan fingerprint density at radius 1 is 1.07 bits per heavy atom. The van der Waals surface area contributed by atoms with E-state index >= 15 is 0 Å². The number of aryl methyl sites for hydroxylation is 1. The number of hydrogen-bond acceptors (Lipinski definition) is 3. The van der Waals surface area contributed by atoms with Crippen molar-refractivity contribution in [2.24, 2.45) is 4.99 Å². The van der Waals surface area contributed by atoms with Crippen LogP contribution in [-0.4, -0.2) is 40.8 Å². The van der Waals surface area contributed by atoms with Crippen LogP contribution in [0.4, 0.5) is 11.4 Å². The van der Waals surface area contributed by atoms with E-state index in [-0.39, 0.29) is 11.4 Å². The van der Waals surface area contributed by atoms with Gasteiger partial charge in [-0.25, -0.2) is 0 Å². The number of piperidine rings is 1. The van der Waals surface area contributed by atoms with Crippen LogP contribution in [0.2, 0.25) is 0 Å². The molecule has 2 aromatic carbocycles. The van der Waals surface area contributed by atoms with Gasteiger partial charge in [0.15, 0.2) is 0 Å². The molecule has 0 aliphatic carbocycles. The summed E-state index contributed by atoms with van der Waals surface area (Å²) in [6.45, 7) is 9.67. The topological polar surface area (TPSA) is 56.7 Å². The number of para-hydroxylation sites is 2. The molecule has 2 heterocycles. The molecule has 2 aliphatic heterocycles. The number of rotatable bonds is 1. The lowest BCUT2D eigenvalue weighted by atomic mass is 9.84. The molecule has 1 amide bonds. The van der Waals surface area contributed by atoms with Crippen molar-refractivity contribution in [1.82, 2.24) is 4.90 Å². The maximum Gasteiger partial charge on any atom is 0.254 e. The van der Waals surface area contributed by atoms with Gasteiger partial charge in [-0.1, -0.05) is 30.3 Å². The molecule has 0 aromatic heterocycles. The average molecular weight is 391 g/mol. The molecule has 2 aromatic rings. The lowest BCUT2D eigenvalue weighted by Crippen LogP contribution is -2.63. The van der Waals surface area contributed by atoms with Crippen molar-refractivity contribution < 1.29 is 4.79 Å². The lowest BCUT2D eigenvalue weighted by molar-refractivity contribution is 0.0693. The molecule has 0 saturated carbocycles. The zero-order valence-corrected chi connectivity index (χ0v) is 17.7. The minimum atomic E-state index is -0.405. The Bertz CT molecular complexity index is 959. The highest BCUT2D eigenvalue weighted by molar-refractivity contribution is 6.10. The number of carbonyl (C=O) groups excluding carboxylic acids is 1. The van der Waals surface area contributed by atoms with Gasteiger partial charge in [-0.05, 0) is 64.3 Å². The van der Waals surface area contributed by atoms with Gasteiger partial charge in [0.05, 0.1) is 23.5 Å². The highest BCUT2D eigenvalue weighted by atomic mass is 16.2. The Morgan fingerprint density at radius 3 is 2.48 bits per heavy atom. The number of fused-ring (bicyclic) bond motifs is 1. The molecule has 1 fully saturated rings. The first kappa shape index (κ1) is 19.5. The zero-order chi connectivity index (χ0) is 20.6. The Kier molecular flexibility index (Phi) is 4.85. The Hall–Kier alpha value is -2.82. The quantitative estimate of drug-likeness (QED) is 0.742. The summed E-state index contributed by atoms with van der Waals surface area (Å²) in [6.07, 6.45) is 1.86. The van der Waals surface area contributed by atoms with E-state index in [2.05, 4.69) is 43.5 Å². The second-order valence-electron chi connectivity index (χ2n) is 9.15. The molecular formula is C24H30N4O. The molecule has 0 bridgehead atoms. The SMILES string of the molecule is Cc1ccccc1C(=O)N1CCC[C@@]2(C1)Nc1ccccc1NC2=NC(C)(C)C. The minimum Gasteiger partial charge on any atom is -0.370 e. The van der Waals surface area contributed by atoms with Crippen LogP contribution >= 0.6 is 0 Å². The largest absolute Gasteiger partial charge is 0.370 e. The molecule has 2 N–H and O–H groups in total. The standard InChI is InChI=1S/C24H30N4O/c1-17-10-5-6-11-18(17)21(29)28-15-9-14-24(16-28)22(27-23(2,3)4)25-19-12-7-8-13-20(19)26-24/h5-8,10-13,26H,9,14-16H2,1-4H3,(H,25,27)/t24-/m0/s1. The third kappa shape index (κ3) is 3.86. The number of amidine groups is 1. The molecule has 0 radical (unpaired) electrons. The fourth-order valence-electron chi connectivity index (χ4n) is 4.24. The molecular weight excluding hydrogens is 360 g/mol. The lowest BCUT2D eigenvalue weighted by Gasteiger charge is -2.48. The summed E-state index contributed by atoms with van der Waals surface area (Å²) in [7, 11) is 0. The van der Waals surface area contributed by atoms with Crippen LogP contribution in [-0.2, 0) is 0 Å². The number of hydrogen-bond donors (Lipinski definition) is 2. The highest BCUT2D eigenvalue weighted by Gasteiger charge is 2.45. The van der Waals surface area contributed by atoms with E-state index < -0.39 is 5.54 Å². The van der Waals surface area contributed by atoms with Crippen LogP contribution in [0.1, 0.15) is 49.5 Å². The number of likely N-dealkylation sites (tertiary alicyclic amines) is 1. The van der Waals surface area contributed by atoms with E-state index in [9.17, 15) is 4.79 Å². The van der Waals surface area contributed by atoms with E-state index in [1.807, 2.05) is 48.2 Å². The maximum atomic E-state index is 13.3. The third-order valence-corrected chi connectivity index (χ3v) is 5.61. The molecule has 1 saturated heterocycles. The Labute approximate surface area is 173 Å². The molecule has 5 nitrogen and oxygen atoms in total. The summed E-state index contributed by atoms with van der Waals surface area (Å²) in [5.41, 5.74) is 3.27. The van der Waals surface area contributed by atoms with Crippen molar-refractivity contribution in [3.05, 3.63) is 59.7 Å².